The Morgan fingerprint density at radius 1 is 0.333 bits per heavy atom. The van der Waals surface area contributed by atoms with Gasteiger partial charge in [-0.15, -0.1) is 0 Å². The summed E-state index contributed by atoms with van der Waals surface area (Å²) in [5.74, 6) is 0. The van der Waals surface area contributed by atoms with E-state index < -0.39 is 5.41 Å². The van der Waals surface area contributed by atoms with Gasteiger partial charge in [-0.25, -0.2) is 0 Å². The van der Waals surface area contributed by atoms with Gasteiger partial charge in [-0.1, -0.05) is 193 Å². The third-order valence-electron chi connectivity index (χ3n) is 12.8. The molecule has 1 aliphatic carbocycles. The molecule has 1 nitrogen and oxygen atoms in total. The molecule has 292 valence electrons. The van der Waals surface area contributed by atoms with Crippen LogP contribution in [0.4, 0.5) is 11.4 Å². The number of anilines is 2. The zero-order valence-corrected chi connectivity index (χ0v) is 35.5. The lowest BCUT2D eigenvalue weighted by Gasteiger charge is -2.35. The topological polar surface area (TPSA) is 12.0 Å². The van der Waals surface area contributed by atoms with Gasteiger partial charge in [0, 0.05) is 11.4 Å². The largest absolute Gasteiger partial charge is 0.356 e. The molecule has 0 spiro atoms. The standard InChI is InChI=1S/C59H51N/c1-57(2,3)47-23-27-49(28-24-47)59(50-29-25-48(26-30-50)58(4,5)6)55-14-10-9-13-53(55)54-34-33-52(38-56(54)59)60-51-31-21-40(22-32-51)42-17-18-45-37-46(20-19-44(45)36-42)43-16-15-39-11-7-8-12-41(39)35-43/h7-38,60H,1-6H3. The van der Waals surface area contributed by atoms with E-state index in [2.05, 4.69) is 241 Å². The molecule has 0 radical (unpaired) electrons. The molecule has 1 heteroatoms. The fraction of sp³-hybridized carbons (Fsp3) is 0.153. The first-order valence-electron chi connectivity index (χ1n) is 21.3. The van der Waals surface area contributed by atoms with Crippen LogP contribution in [-0.4, -0.2) is 0 Å². The molecule has 10 rings (SSSR count). The van der Waals surface area contributed by atoms with Crippen molar-refractivity contribution in [2.45, 2.75) is 57.8 Å². The van der Waals surface area contributed by atoms with Crippen molar-refractivity contribution in [2.75, 3.05) is 5.32 Å². The second-order valence-corrected chi connectivity index (χ2v) is 18.8. The summed E-state index contributed by atoms with van der Waals surface area (Å²) in [5.41, 5.74) is 17.1. The predicted octanol–water partition coefficient (Wildman–Crippen LogP) is 16.0. The van der Waals surface area contributed by atoms with Crippen LogP contribution in [-0.2, 0) is 16.2 Å². The Bertz CT molecular complexity index is 2990. The van der Waals surface area contributed by atoms with Gasteiger partial charge >= 0.3 is 0 Å². The molecule has 9 aromatic rings. The fourth-order valence-corrected chi connectivity index (χ4v) is 9.47. The Morgan fingerprint density at radius 2 is 0.767 bits per heavy atom. The Kier molecular flexibility index (Phi) is 8.92. The average molecular weight is 774 g/mol. The van der Waals surface area contributed by atoms with Gasteiger partial charge in [0.25, 0.3) is 0 Å². The molecule has 0 fully saturated rings. The minimum Gasteiger partial charge on any atom is -0.356 e. The van der Waals surface area contributed by atoms with Crippen LogP contribution in [0.15, 0.2) is 194 Å². The Balaban J connectivity index is 0.987. The summed E-state index contributed by atoms with van der Waals surface area (Å²) in [5, 5.41) is 8.82. The molecule has 1 N–H and O–H groups in total. The third kappa shape index (κ3) is 6.50. The van der Waals surface area contributed by atoms with Crippen LogP contribution in [0, 0.1) is 0 Å². The van der Waals surface area contributed by atoms with Crippen molar-refractivity contribution in [3.05, 3.63) is 228 Å². The molecule has 0 amide bonds. The van der Waals surface area contributed by atoms with Crippen LogP contribution in [0.2, 0.25) is 0 Å². The highest BCUT2D eigenvalue weighted by Crippen LogP contribution is 2.57. The van der Waals surface area contributed by atoms with Crippen LogP contribution in [0.3, 0.4) is 0 Å². The van der Waals surface area contributed by atoms with Crippen LogP contribution in [0.1, 0.15) is 74.9 Å². The van der Waals surface area contributed by atoms with Crippen molar-refractivity contribution in [3.8, 4) is 33.4 Å². The summed E-state index contributed by atoms with van der Waals surface area (Å²) in [4.78, 5) is 0. The minimum absolute atomic E-state index is 0.0649. The van der Waals surface area contributed by atoms with E-state index in [1.165, 1.54) is 88.3 Å². The zero-order valence-electron chi connectivity index (χ0n) is 35.5. The Labute approximate surface area is 355 Å². The molecule has 0 aliphatic heterocycles. The maximum Gasteiger partial charge on any atom is 0.0714 e. The van der Waals surface area contributed by atoms with E-state index in [0.717, 1.165) is 11.4 Å². The van der Waals surface area contributed by atoms with Gasteiger partial charge in [0.1, 0.15) is 0 Å². The van der Waals surface area contributed by atoms with E-state index in [1.54, 1.807) is 0 Å². The van der Waals surface area contributed by atoms with Crippen molar-refractivity contribution in [3.63, 3.8) is 0 Å². The lowest BCUT2D eigenvalue weighted by atomic mass is 9.67. The summed E-state index contributed by atoms with van der Waals surface area (Å²) in [6.07, 6.45) is 0. The molecular formula is C59H51N. The van der Waals surface area contributed by atoms with Gasteiger partial charge in [0.2, 0.25) is 0 Å². The summed E-state index contributed by atoms with van der Waals surface area (Å²) in [6, 6.07) is 72.6. The maximum absolute atomic E-state index is 3.80. The second-order valence-electron chi connectivity index (χ2n) is 18.8. The van der Waals surface area contributed by atoms with Gasteiger partial charge in [-0.3, -0.25) is 0 Å². The third-order valence-corrected chi connectivity index (χ3v) is 12.8. The van der Waals surface area contributed by atoms with E-state index in [4.69, 9.17) is 0 Å². The van der Waals surface area contributed by atoms with E-state index in [-0.39, 0.29) is 10.8 Å². The number of fused-ring (bicyclic) bond motifs is 5. The van der Waals surface area contributed by atoms with Crippen LogP contribution < -0.4 is 5.32 Å². The smallest absolute Gasteiger partial charge is 0.0714 e. The molecule has 0 saturated carbocycles. The molecule has 60 heavy (non-hydrogen) atoms. The molecule has 0 heterocycles. The van der Waals surface area contributed by atoms with E-state index >= 15 is 0 Å². The molecular weight excluding hydrogens is 723 g/mol. The van der Waals surface area contributed by atoms with E-state index in [1.807, 2.05) is 0 Å². The van der Waals surface area contributed by atoms with E-state index in [0.29, 0.717) is 0 Å². The fourth-order valence-electron chi connectivity index (χ4n) is 9.47. The summed E-state index contributed by atoms with van der Waals surface area (Å²) in [7, 11) is 0. The molecule has 0 atom stereocenters. The van der Waals surface area contributed by atoms with Crippen molar-refractivity contribution in [2.24, 2.45) is 0 Å². The van der Waals surface area contributed by atoms with Gasteiger partial charge in [-0.2, -0.15) is 0 Å². The summed E-state index contributed by atoms with van der Waals surface area (Å²) >= 11 is 0. The molecule has 0 bridgehead atoms. The van der Waals surface area contributed by atoms with Crippen molar-refractivity contribution >= 4 is 32.9 Å². The van der Waals surface area contributed by atoms with Crippen molar-refractivity contribution in [1.29, 1.82) is 0 Å². The summed E-state index contributed by atoms with van der Waals surface area (Å²) < 4.78 is 0. The molecule has 1 aliphatic rings. The normalized spacial score (nSPS) is 13.3. The van der Waals surface area contributed by atoms with Gasteiger partial charge in [-0.05, 0) is 142 Å². The average Bonchev–Trinajstić information content (AvgIpc) is 3.56. The zero-order chi connectivity index (χ0) is 41.2. The lowest BCUT2D eigenvalue weighted by molar-refractivity contribution is 0.588. The Hall–Kier alpha value is -6.70. The first-order chi connectivity index (χ1) is 28.9. The monoisotopic (exact) mass is 773 g/mol. The minimum atomic E-state index is -0.480. The number of benzene rings is 9. The summed E-state index contributed by atoms with van der Waals surface area (Å²) in [6.45, 7) is 13.7. The van der Waals surface area contributed by atoms with Crippen LogP contribution in [0.25, 0.3) is 54.9 Å². The maximum atomic E-state index is 3.80. The Morgan fingerprint density at radius 3 is 1.33 bits per heavy atom. The number of nitrogens with one attached hydrogen (secondary N) is 1. The van der Waals surface area contributed by atoms with Crippen LogP contribution in [0.5, 0.6) is 0 Å². The van der Waals surface area contributed by atoms with Crippen molar-refractivity contribution in [1.82, 2.24) is 0 Å². The predicted molar refractivity (Wildman–Crippen MR) is 257 cm³/mol. The highest BCUT2D eigenvalue weighted by atomic mass is 14.9. The first-order valence-corrected chi connectivity index (χ1v) is 21.3. The van der Waals surface area contributed by atoms with Gasteiger partial charge < -0.3 is 5.32 Å². The quantitative estimate of drug-likeness (QED) is 0.177. The second kappa shape index (κ2) is 14.2. The number of hydrogen-bond donors (Lipinski definition) is 1. The molecule has 9 aromatic carbocycles. The number of hydrogen-bond acceptors (Lipinski definition) is 1. The lowest BCUT2D eigenvalue weighted by Crippen LogP contribution is -2.29. The van der Waals surface area contributed by atoms with Gasteiger partial charge in [0.15, 0.2) is 0 Å². The van der Waals surface area contributed by atoms with Crippen LogP contribution >= 0.6 is 0 Å². The molecule has 0 saturated heterocycles. The highest BCUT2D eigenvalue weighted by Gasteiger charge is 2.46. The van der Waals surface area contributed by atoms with E-state index in [9.17, 15) is 0 Å². The SMILES string of the molecule is CC(C)(C)c1ccc(C2(c3ccc(C(C)(C)C)cc3)c3ccccc3-c3ccc(Nc4ccc(-c5ccc6cc(-c7ccc8ccccc8c7)ccc6c5)cc4)cc32)cc1. The number of rotatable bonds is 6. The van der Waals surface area contributed by atoms with Crippen molar-refractivity contribution < 1.29 is 0 Å². The molecule has 0 aromatic heterocycles. The molecule has 0 unspecified atom stereocenters. The first kappa shape index (κ1) is 37.6. The highest BCUT2D eigenvalue weighted by molar-refractivity contribution is 5.93. The van der Waals surface area contributed by atoms with Gasteiger partial charge in [0.05, 0.1) is 5.41 Å².